The van der Waals surface area contributed by atoms with Gasteiger partial charge in [-0.2, -0.15) is 28.1 Å². The van der Waals surface area contributed by atoms with Crippen LogP contribution in [-0.4, -0.2) is 46.0 Å². The third kappa shape index (κ3) is 6.43. The van der Waals surface area contributed by atoms with Gasteiger partial charge < -0.3 is 15.5 Å². The van der Waals surface area contributed by atoms with E-state index in [2.05, 4.69) is 35.5 Å². The molecule has 0 unspecified atom stereocenters. The minimum atomic E-state index is -4.40. The van der Waals surface area contributed by atoms with Crippen LogP contribution in [0, 0.1) is 5.92 Å². The number of halogens is 3. The minimum absolute atomic E-state index is 0.0665. The van der Waals surface area contributed by atoms with Crippen LogP contribution in [-0.2, 0) is 17.5 Å². The number of carbonyl (C=O) groups excluding carboxylic acids is 1. The van der Waals surface area contributed by atoms with Crippen molar-refractivity contribution in [2.24, 2.45) is 5.92 Å². The molecule has 1 saturated heterocycles. The maximum atomic E-state index is 12.9. The average molecular weight is 486 g/mol. The van der Waals surface area contributed by atoms with Crippen molar-refractivity contribution in [3.8, 4) is 11.4 Å². The van der Waals surface area contributed by atoms with Crippen molar-refractivity contribution in [3.05, 3.63) is 59.9 Å². The van der Waals surface area contributed by atoms with Crippen molar-refractivity contribution >= 4 is 17.8 Å². The molecular formula is C24H26F3N7O. The zero-order chi connectivity index (χ0) is 24.8. The van der Waals surface area contributed by atoms with E-state index < -0.39 is 11.7 Å². The Morgan fingerprint density at radius 2 is 1.83 bits per heavy atom. The smallest absolute Gasteiger partial charge is 0.357 e. The first-order valence-electron chi connectivity index (χ1n) is 11.3. The lowest BCUT2D eigenvalue weighted by Gasteiger charge is -2.32. The third-order valence-electron chi connectivity index (χ3n) is 5.90. The normalized spacial score (nSPS) is 14.6. The predicted molar refractivity (Wildman–Crippen MR) is 125 cm³/mol. The molecule has 0 saturated carbocycles. The molecule has 11 heteroatoms. The van der Waals surface area contributed by atoms with E-state index in [-0.39, 0.29) is 18.4 Å². The van der Waals surface area contributed by atoms with E-state index in [1.54, 1.807) is 25.5 Å². The molecule has 1 aromatic carbocycles. The van der Waals surface area contributed by atoms with Crippen molar-refractivity contribution in [1.29, 1.82) is 0 Å². The van der Waals surface area contributed by atoms with E-state index in [1.807, 2.05) is 12.1 Å². The molecule has 2 aromatic heterocycles. The molecular weight excluding hydrogens is 459 g/mol. The van der Waals surface area contributed by atoms with Gasteiger partial charge in [0.15, 0.2) is 5.82 Å². The van der Waals surface area contributed by atoms with Crippen LogP contribution < -0.4 is 15.5 Å². The number of nitrogens with one attached hydrogen (secondary N) is 2. The summed E-state index contributed by atoms with van der Waals surface area (Å²) in [6, 6.07) is 8.67. The molecule has 0 aliphatic carbocycles. The topological polar surface area (TPSA) is 95.9 Å². The van der Waals surface area contributed by atoms with Gasteiger partial charge in [0.05, 0.1) is 5.56 Å². The number of nitrogens with zero attached hydrogens (tertiary/aromatic N) is 5. The Morgan fingerprint density at radius 1 is 1.09 bits per heavy atom. The van der Waals surface area contributed by atoms with E-state index in [1.165, 1.54) is 6.07 Å². The van der Waals surface area contributed by atoms with E-state index in [0.717, 1.165) is 30.5 Å². The highest BCUT2D eigenvalue weighted by atomic mass is 19.4. The first-order valence-corrected chi connectivity index (χ1v) is 11.3. The van der Waals surface area contributed by atoms with Crippen LogP contribution in [0.2, 0.25) is 0 Å². The van der Waals surface area contributed by atoms with Crippen LogP contribution >= 0.6 is 0 Å². The van der Waals surface area contributed by atoms with E-state index in [4.69, 9.17) is 0 Å². The lowest BCUT2D eigenvalue weighted by molar-refractivity contribution is -0.137. The zero-order valence-corrected chi connectivity index (χ0v) is 19.2. The van der Waals surface area contributed by atoms with E-state index in [0.29, 0.717) is 42.8 Å². The number of hydrogen-bond acceptors (Lipinski definition) is 7. The molecule has 0 atom stereocenters. The number of anilines is 2. The SMILES string of the molecule is CNc1nc(-c2ccncc2)nc(N2CCC(CC(=O)NCc3cccc(C(F)(F)F)c3)CC2)n1. The van der Waals surface area contributed by atoms with Gasteiger partial charge in [0.1, 0.15) is 0 Å². The second kappa shape index (κ2) is 10.7. The van der Waals surface area contributed by atoms with Gasteiger partial charge in [0.2, 0.25) is 17.8 Å². The molecule has 8 nitrogen and oxygen atoms in total. The Hall–Kier alpha value is -3.76. The highest BCUT2D eigenvalue weighted by Gasteiger charge is 2.30. The number of alkyl halides is 3. The van der Waals surface area contributed by atoms with Gasteiger partial charge >= 0.3 is 6.18 Å². The molecule has 3 aromatic rings. The fourth-order valence-electron chi connectivity index (χ4n) is 3.98. The number of piperidine rings is 1. The molecule has 4 rings (SSSR count). The summed E-state index contributed by atoms with van der Waals surface area (Å²) in [5.74, 6) is 1.61. The average Bonchev–Trinajstić information content (AvgIpc) is 2.88. The lowest BCUT2D eigenvalue weighted by Crippen LogP contribution is -2.37. The van der Waals surface area contributed by atoms with E-state index in [9.17, 15) is 18.0 Å². The summed E-state index contributed by atoms with van der Waals surface area (Å²) in [7, 11) is 1.75. The van der Waals surface area contributed by atoms with Crippen molar-refractivity contribution in [2.45, 2.75) is 32.0 Å². The first kappa shape index (κ1) is 24.4. The molecule has 3 heterocycles. The van der Waals surface area contributed by atoms with Crippen molar-refractivity contribution < 1.29 is 18.0 Å². The molecule has 184 valence electrons. The Morgan fingerprint density at radius 3 is 2.51 bits per heavy atom. The molecule has 1 aliphatic heterocycles. The maximum absolute atomic E-state index is 12.9. The zero-order valence-electron chi connectivity index (χ0n) is 19.2. The standard InChI is InChI=1S/C24H26F3N7O/c1-28-22-31-21(18-5-9-29-10-6-18)32-23(33-22)34-11-7-16(8-12-34)14-20(35)30-15-17-3-2-4-19(13-17)24(25,26)27/h2-6,9-10,13,16H,7-8,11-12,14-15H2,1H3,(H,30,35)(H,28,31,32,33). The van der Waals surface area contributed by atoms with Crippen molar-refractivity contribution in [1.82, 2.24) is 25.3 Å². The Kier molecular flexibility index (Phi) is 7.42. The van der Waals surface area contributed by atoms with Gasteiger partial charge in [-0.25, -0.2) is 0 Å². The third-order valence-corrected chi connectivity index (χ3v) is 5.90. The Balaban J connectivity index is 1.31. The fourth-order valence-corrected chi connectivity index (χ4v) is 3.98. The fraction of sp³-hybridized carbons (Fsp3) is 0.375. The minimum Gasteiger partial charge on any atom is -0.357 e. The summed E-state index contributed by atoms with van der Waals surface area (Å²) in [6.07, 6.45) is 0.848. The molecule has 0 radical (unpaired) electrons. The molecule has 1 amide bonds. The Bertz CT molecular complexity index is 1150. The maximum Gasteiger partial charge on any atom is 0.416 e. The van der Waals surface area contributed by atoms with Gasteiger partial charge in [-0.15, -0.1) is 0 Å². The number of rotatable bonds is 7. The number of hydrogen-bond donors (Lipinski definition) is 2. The molecule has 35 heavy (non-hydrogen) atoms. The van der Waals surface area contributed by atoms with Crippen molar-refractivity contribution in [3.63, 3.8) is 0 Å². The first-order chi connectivity index (χ1) is 16.8. The second-order valence-electron chi connectivity index (χ2n) is 8.38. The summed E-state index contributed by atoms with van der Waals surface area (Å²) in [4.78, 5) is 32.1. The highest BCUT2D eigenvalue weighted by Crippen LogP contribution is 2.29. The van der Waals surface area contributed by atoms with Gasteiger partial charge in [0, 0.05) is 51.1 Å². The van der Waals surface area contributed by atoms with Gasteiger partial charge in [-0.3, -0.25) is 9.78 Å². The molecule has 2 N–H and O–H groups in total. The molecule has 1 fully saturated rings. The molecule has 0 spiro atoms. The number of carbonyl (C=O) groups is 1. The summed E-state index contributed by atoms with van der Waals surface area (Å²) in [5, 5.41) is 5.71. The number of aromatic nitrogens is 4. The van der Waals surface area contributed by atoms with Crippen LogP contribution in [0.5, 0.6) is 0 Å². The highest BCUT2D eigenvalue weighted by molar-refractivity contribution is 5.76. The monoisotopic (exact) mass is 485 g/mol. The summed E-state index contributed by atoms with van der Waals surface area (Å²) < 4.78 is 38.6. The van der Waals surface area contributed by atoms with E-state index >= 15 is 0 Å². The Labute approximate surface area is 201 Å². The molecule has 0 bridgehead atoms. The van der Waals surface area contributed by atoms with Crippen LogP contribution in [0.4, 0.5) is 25.1 Å². The summed E-state index contributed by atoms with van der Waals surface area (Å²) >= 11 is 0. The number of benzene rings is 1. The van der Waals surface area contributed by atoms with Crippen LogP contribution in [0.1, 0.15) is 30.4 Å². The van der Waals surface area contributed by atoms with Gasteiger partial charge in [0.25, 0.3) is 0 Å². The molecule has 1 aliphatic rings. The van der Waals surface area contributed by atoms with Gasteiger partial charge in [-0.05, 0) is 48.6 Å². The quantitative estimate of drug-likeness (QED) is 0.524. The largest absolute Gasteiger partial charge is 0.416 e. The summed E-state index contributed by atoms with van der Waals surface area (Å²) in [6.45, 7) is 1.44. The van der Waals surface area contributed by atoms with Crippen LogP contribution in [0.25, 0.3) is 11.4 Å². The van der Waals surface area contributed by atoms with Gasteiger partial charge in [-0.1, -0.05) is 12.1 Å². The second-order valence-corrected chi connectivity index (χ2v) is 8.38. The number of amides is 1. The van der Waals surface area contributed by atoms with Crippen molar-refractivity contribution in [2.75, 3.05) is 30.4 Å². The van der Waals surface area contributed by atoms with Crippen LogP contribution in [0.15, 0.2) is 48.8 Å². The predicted octanol–water partition coefficient (Wildman–Crippen LogP) is 3.92. The van der Waals surface area contributed by atoms with Crippen LogP contribution in [0.3, 0.4) is 0 Å². The lowest BCUT2D eigenvalue weighted by atomic mass is 9.93. The number of pyridine rings is 1. The summed E-state index contributed by atoms with van der Waals surface area (Å²) in [5.41, 5.74) is 0.541.